The zero-order valence-corrected chi connectivity index (χ0v) is 20.7. The predicted octanol–water partition coefficient (Wildman–Crippen LogP) is 7.34. The van der Waals surface area contributed by atoms with Crippen LogP contribution in [0.1, 0.15) is 11.1 Å². The molecule has 0 aromatic heterocycles. The number of nitrogens with one attached hydrogen (secondary N) is 1. The second-order valence-electron chi connectivity index (χ2n) is 6.54. The van der Waals surface area contributed by atoms with Crippen molar-refractivity contribution in [2.75, 3.05) is 0 Å². The molecule has 3 aromatic rings. The van der Waals surface area contributed by atoms with Gasteiger partial charge in [-0.2, -0.15) is 0 Å². The number of halogens is 3. The molecule has 1 fully saturated rings. The van der Waals surface area contributed by atoms with Crippen LogP contribution in [0.15, 0.2) is 85.6 Å². The summed E-state index contributed by atoms with van der Waals surface area (Å²) < 4.78 is 7.75. The number of hydrogen-bond donors (Lipinski definition) is 1. The molecule has 1 aliphatic rings. The maximum Gasteiger partial charge on any atom is 0.264 e. The van der Waals surface area contributed by atoms with E-state index in [0.717, 1.165) is 20.1 Å². The maximum absolute atomic E-state index is 12.5. The van der Waals surface area contributed by atoms with Crippen LogP contribution < -0.4 is 10.1 Å². The van der Waals surface area contributed by atoms with Crippen LogP contribution in [0.3, 0.4) is 0 Å². The second kappa shape index (κ2) is 10.0. The normalized spacial score (nSPS) is 16.0. The molecule has 0 unspecified atom stereocenters. The van der Waals surface area contributed by atoms with Crippen molar-refractivity contribution in [2.45, 2.75) is 6.61 Å². The second-order valence-corrected chi connectivity index (χ2v) is 9.78. The number of aliphatic imine (C=N–C) groups is 1. The lowest BCUT2D eigenvalue weighted by atomic mass is 10.1. The van der Waals surface area contributed by atoms with Crippen molar-refractivity contribution in [3.63, 3.8) is 0 Å². The molecule has 156 valence electrons. The van der Waals surface area contributed by atoms with Crippen molar-refractivity contribution in [2.24, 2.45) is 4.99 Å². The summed E-state index contributed by atoms with van der Waals surface area (Å²) in [6, 6.07) is 20.9. The number of benzene rings is 3. The number of amidine groups is 1. The molecule has 4 rings (SSSR count). The van der Waals surface area contributed by atoms with Crippen molar-refractivity contribution in [1.29, 1.82) is 0 Å². The lowest BCUT2D eigenvalue weighted by Gasteiger charge is -2.12. The fourth-order valence-electron chi connectivity index (χ4n) is 2.85. The van der Waals surface area contributed by atoms with Crippen molar-refractivity contribution in [3.8, 4) is 5.75 Å². The highest BCUT2D eigenvalue weighted by Gasteiger charge is 2.25. The number of nitrogens with zero attached hydrogens (tertiary/aromatic N) is 1. The first kappa shape index (κ1) is 22.1. The van der Waals surface area contributed by atoms with E-state index >= 15 is 0 Å². The Kier molecular flexibility index (Phi) is 7.17. The number of ether oxygens (including phenoxy) is 1. The number of rotatable bonds is 5. The van der Waals surface area contributed by atoms with Gasteiger partial charge in [-0.15, -0.1) is 0 Å². The molecule has 0 radical (unpaired) electrons. The van der Waals surface area contributed by atoms with E-state index < -0.39 is 0 Å². The molecule has 1 saturated heterocycles. The Bertz CT molecular complexity index is 1200. The molecule has 1 N–H and O–H groups in total. The van der Waals surface area contributed by atoms with Crippen LogP contribution in [0.25, 0.3) is 6.08 Å². The van der Waals surface area contributed by atoms with Crippen LogP contribution in [0.5, 0.6) is 5.75 Å². The highest BCUT2D eigenvalue weighted by atomic mass is 79.9. The smallest absolute Gasteiger partial charge is 0.264 e. The fourth-order valence-corrected chi connectivity index (χ4v) is 5.24. The number of carbonyl (C=O) groups excluding carboxylic acids is 1. The summed E-state index contributed by atoms with van der Waals surface area (Å²) in [5.74, 6) is 0.448. The van der Waals surface area contributed by atoms with Gasteiger partial charge in [0.25, 0.3) is 5.91 Å². The molecule has 1 heterocycles. The molecule has 0 aliphatic carbocycles. The Morgan fingerprint density at radius 3 is 2.65 bits per heavy atom. The molecule has 4 nitrogen and oxygen atoms in total. The number of hydrogen-bond acceptors (Lipinski definition) is 4. The third-order valence-electron chi connectivity index (χ3n) is 4.24. The average molecular weight is 579 g/mol. The highest BCUT2D eigenvalue weighted by molar-refractivity contribution is 9.11. The van der Waals surface area contributed by atoms with E-state index in [0.29, 0.717) is 33.1 Å². The minimum Gasteiger partial charge on any atom is -0.487 e. The molecule has 1 aliphatic heterocycles. The molecule has 0 spiro atoms. The van der Waals surface area contributed by atoms with E-state index in [9.17, 15) is 4.79 Å². The van der Waals surface area contributed by atoms with Crippen LogP contribution in [0.2, 0.25) is 5.02 Å². The zero-order chi connectivity index (χ0) is 21.8. The largest absolute Gasteiger partial charge is 0.487 e. The standard InChI is InChI=1S/C23H15Br2ClN2O2S/c24-16-9-15(21(19(25)11-16)30-13-14-5-2-1-3-6-14)10-20-22(29)28-23(31-20)27-18-8-4-7-17(26)12-18/h1-12H,13H2,(H,27,28,29)/b20-10-. The molecule has 8 heteroatoms. The fraction of sp³-hybridized carbons (Fsp3) is 0.0435. The predicted molar refractivity (Wildman–Crippen MR) is 135 cm³/mol. The summed E-state index contributed by atoms with van der Waals surface area (Å²) in [5.41, 5.74) is 2.51. The number of carbonyl (C=O) groups is 1. The molecule has 0 atom stereocenters. The van der Waals surface area contributed by atoms with Crippen molar-refractivity contribution in [3.05, 3.63) is 96.7 Å². The van der Waals surface area contributed by atoms with Crippen molar-refractivity contribution >= 4 is 78.1 Å². The summed E-state index contributed by atoms with van der Waals surface area (Å²) in [6.45, 7) is 0.415. The Labute approximate surface area is 206 Å². The highest BCUT2D eigenvalue weighted by Crippen LogP contribution is 2.37. The SMILES string of the molecule is O=C1NC(=Nc2cccc(Cl)c2)S/C1=C\c1cc(Br)cc(Br)c1OCc1ccccc1. The Morgan fingerprint density at radius 1 is 1.06 bits per heavy atom. The van der Waals surface area contributed by atoms with E-state index in [1.807, 2.05) is 54.6 Å². The van der Waals surface area contributed by atoms with E-state index in [1.54, 1.807) is 18.2 Å². The van der Waals surface area contributed by atoms with E-state index in [4.69, 9.17) is 16.3 Å². The maximum atomic E-state index is 12.5. The minimum atomic E-state index is -0.212. The molecule has 0 bridgehead atoms. The van der Waals surface area contributed by atoms with Gasteiger partial charge in [0.1, 0.15) is 12.4 Å². The van der Waals surface area contributed by atoms with E-state index in [-0.39, 0.29) is 5.91 Å². The summed E-state index contributed by atoms with van der Waals surface area (Å²) >= 11 is 14.4. The van der Waals surface area contributed by atoms with Crippen LogP contribution in [-0.4, -0.2) is 11.1 Å². The summed E-state index contributed by atoms with van der Waals surface area (Å²) in [4.78, 5) is 17.5. The van der Waals surface area contributed by atoms with Gasteiger partial charge in [-0.25, -0.2) is 4.99 Å². The Morgan fingerprint density at radius 2 is 1.87 bits per heavy atom. The van der Waals surface area contributed by atoms with Crippen molar-refractivity contribution < 1.29 is 9.53 Å². The van der Waals surface area contributed by atoms with Gasteiger partial charge in [0.2, 0.25) is 0 Å². The molecule has 31 heavy (non-hydrogen) atoms. The summed E-state index contributed by atoms with van der Waals surface area (Å²) in [6.07, 6.45) is 1.80. The van der Waals surface area contributed by atoms with E-state index in [2.05, 4.69) is 42.2 Å². The molecular formula is C23H15Br2ClN2O2S. The first-order chi connectivity index (χ1) is 15.0. The van der Waals surface area contributed by atoms with Crippen LogP contribution in [0.4, 0.5) is 5.69 Å². The Balaban J connectivity index is 1.61. The molecule has 0 saturated carbocycles. The summed E-state index contributed by atoms with van der Waals surface area (Å²) in [7, 11) is 0. The minimum absolute atomic E-state index is 0.212. The first-order valence-electron chi connectivity index (χ1n) is 9.19. The van der Waals surface area contributed by atoms with Gasteiger partial charge in [0.05, 0.1) is 15.1 Å². The monoisotopic (exact) mass is 576 g/mol. The summed E-state index contributed by atoms with van der Waals surface area (Å²) in [5, 5.41) is 3.89. The van der Waals surface area contributed by atoms with Crippen LogP contribution in [0, 0.1) is 0 Å². The van der Waals surface area contributed by atoms with Gasteiger partial charge in [-0.05, 0) is 69.7 Å². The number of amides is 1. The third-order valence-corrected chi connectivity index (χ3v) is 6.43. The molecular weight excluding hydrogens is 564 g/mol. The number of thioether (sulfide) groups is 1. The van der Waals surface area contributed by atoms with Gasteiger partial charge in [-0.3, -0.25) is 4.79 Å². The van der Waals surface area contributed by atoms with Gasteiger partial charge >= 0.3 is 0 Å². The first-order valence-corrected chi connectivity index (χ1v) is 12.0. The van der Waals surface area contributed by atoms with Crippen molar-refractivity contribution in [1.82, 2.24) is 5.32 Å². The zero-order valence-electron chi connectivity index (χ0n) is 15.9. The quantitative estimate of drug-likeness (QED) is 0.323. The molecule has 1 amide bonds. The topological polar surface area (TPSA) is 50.7 Å². The Hall–Kier alpha value is -2.06. The van der Waals surface area contributed by atoms with Gasteiger partial charge < -0.3 is 10.1 Å². The molecule has 3 aromatic carbocycles. The van der Waals surface area contributed by atoms with Gasteiger partial charge in [-0.1, -0.05) is 63.9 Å². The van der Waals surface area contributed by atoms with Crippen LogP contribution in [-0.2, 0) is 11.4 Å². The lowest BCUT2D eigenvalue weighted by Crippen LogP contribution is -2.19. The lowest BCUT2D eigenvalue weighted by molar-refractivity contribution is -0.115. The van der Waals surface area contributed by atoms with E-state index in [1.165, 1.54) is 11.8 Å². The average Bonchev–Trinajstić information content (AvgIpc) is 3.06. The van der Waals surface area contributed by atoms with Gasteiger partial charge in [0, 0.05) is 15.1 Å². The van der Waals surface area contributed by atoms with Gasteiger partial charge in [0.15, 0.2) is 5.17 Å². The van der Waals surface area contributed by atoms with Crippen LogP contribution >= 0.6 is 55.2 Å². The third kappa shape index (κ3) is 5.80.